The van der Waals surface area contributed by atoms with Crippen LogP contribution in [0.1, 0.15) is 29.8 Å². The SMILES string of the molecule is COCCN(C(=O)c1cncc(/C=C/C(=O)O)c1)C(C)C. The van der Waals surface area contributed by atoms with Gasteiger partial charge < -0.3 is 14.7 Å². The number of amides is 1. The molecule has 0 fully saturated rings. The molecule has 1 heterocycles. The Balaban J connectivity index is 2.94. The molecule has 114 valence electrons. The van der Waals surface area contributed by atoms with Gasteiger partial charge in [-0.05, 0) is 31.6 Å². The molecule has 0 spiro atoms. The number of ether oxygens (including phenoxy) is 1. The molecule has 0 bridgehead atoms. The van der Waals surface area contributed by atoms with Gasteiger partial charge >= 0.3 is 5.97 Å². The smallest absolute Gasteiger partial charge is 0.328 e. The second-order valence-corrected chi connectivity index (χ2v) is 4.76. The summed E-state index contributed by atoms with van der Waals surface area (Å²) in [6.45, 7) is 4.79. The lowest BCUT2D eigenvalue weighted by atomic mass is 10.1. The first kappa shape index (κ1) is 16.8. The maximum Gasteiger partial charge on any atom is 0.328 e. The van der Waals surface area contributed by atoms with Gasteiger partial charge in [-0.3, -0.25) is 9.78 Å². The van der Waals surface area contributed by atoms with Crippen molar-refractivity contribution in [3.05, 3.63) is 35.7 Å². The largest absolute Gasteiger partial charge is 0.478 e. The van der Waals surface area contributed by atoms with Crippen LogP contribution >= 0.6 is 0 Å². The van der Waals surface area contributed by atoms with E-state index in [0.717, 1.165) is 6.08 Å². The predicted octanol–water partition coefficient (Wildman–Crippen LogP) is 1.68. The van der Waals surface area contributed by atoms with Gasteiger partial charge in [0, 0.05) is 38.2 Å². The van der Waals surface area contributed by atoms with E-state index in [2.05, 4.69) is 4.98 Å². The molecule has 0 radical (unpaired) electrons. The minimum absolute atomic E-state index is 0.0332. The molecule has 0 aromatic carbocycles. The molecule has 0 aliphatic rings. The van der Waals surface area contributed by atoms with E-state index >= 15 is 0 Å². The molecule has 1 aromatic heterocycles. The fraction of sp³-hybridized carbons (Fsp3) is 0.400. The fourth-order valence-electron chi connectivity index (χ4n) is 1.78. The Morgan fingerprint density at radius 1 is 1.43 bits per heavy atom. The third kappa shape index (κ3) is 5.35. The number of nitrogens with zero attached hydrogens (tertiary/aromatic N) is 2. The zero-order chi connectivity index (χ0) is 15.8. The number of methoxy groups -OCH3 is 1. The first-order valence-corrected chi connectivity index (χ1v) is 6.61. The van der Waals surface area contributed by atoms with Crippen molar-refractivity contribution in [2.75, 3.05) is 20.3 Å². The number of carbonyl (C=O) groups excluding carboxylic acids is 1. The molecule has 0 unspecified atom stereocenters. The Morgan fingerprint density at radius 3 is 2.71 bits per heavy atom. The molecule has 1 amide bonds. The molecule has 0 atom stereocenters. The van der Waals surface area contributed by atoms with Crippen LogP contribution in [0.3, 0.4) is 0 Å². The molecule has 6 nitrogen and oxygen atoms in total. The van der Waals surface area contributed by atoms with Gasteiger partial charge in [0.05, 0.1) is 12.2 Å². The molecule has 0 aliphatic heterocycles. The quantitative estimate of drug-likeness (QED) is 0.773. The number of aromatic nitrogens is 1. The van der Waals surface area contributed by atoms with Crippen LogP contribution in [0, 0.1) is 0 Å². The number of hydrogen-bond donors (Lipinski definition) is 1. The van der Waals surface area contributed by atoms with Gasteiger partial charge in [0.25, 0.3) is 5.91 Å². The summed E-state index contributed by atoms with van der Waals surface area (Å²) in [5.74, 6) is -1.20. The molecule has 1 aromatic rings. The van der Waals surface area contributed by atoms with Crippen LogP contribution in [0.5, 0.6) is 0 Å². The lowest BCUT2D eigenvalue weighted by molar-refractivity contribution is -0.131. The van der Waals surface area contributed by atoms with Gasteiger partial charge in [0.15, 0.2) is 0 Å². The average molecular weight is 292 g/mol. The highest BCUT2D eigenvalue weighted by Crippen LogP contribution is 2.10. The molecule has 0 aliphatic carbocycles. The molecule has 1 N–H and O–H groups in total. The molecule has 0 saturated heterocycles. The molecule has 6 heteroatoms. The summed E-state index contributed by atoms with van der Waals surface area (Å²) in [6.07, 6.45) is 5.39. The van der Waals surface area contributed by atoms with E-state index in [1.807, 2.05) is 13.8 Å². The number of carbonyl (C=O) groups is 2. The second kappa shape index (κ2) is 8.16. The average Bonchev–Trinajstić information content (AvgIpc) is 2.45. The Kier molecular flexibility index (Phi) is 6.55. The van der Waals surface area contributed by atoms with Crippen LogP contribution < -0.4 is 0 Å². The van der Waals surface area contributed by atoms with Crippen LogP contribution in [0.2, 0.25) is 0 Å². The lowest BCUT2D eigenvalue weighted by Crippen LogP contribution is -2.39. The maximum atomic E-state index is 12.5. The maximum absolute atomic E-state index is 12.5. The first-order chi connectivity index (χ1) is 9.95. The summed E-state index contributed by atoms with van der Waals surface area (Å²) in [4.78, 5) is 28.7. The summed E-state index contributed by atoms with van der Waals surface area (Å²) in [5, 5.41) is 8.62. The van der Waals surface area contributed by atoms with Crippen LogP contribution in [-0.4, -0.2) is 53.2 Å². The summed E-state index contributed by atoms with van der Waals surface area (Å²) >= 11 is 0. The summed E-state index contributed by atoms with van der Waals surface area (Å²) in [5.41, 5.74) is 0.992. The topological polar surface area (TPSA) is 79.7 Å². The van der Waals surface area contributed by atoms with Gasteiger partial charge in [0.2, 0.25) is 0 Å². The molecular formula is C15H20N2O4. The van der Waals surface area contributed by atoms with Crippen molar-refractivity contribution in [2.45, 2.75) is 19.9 Å². The van der Waals surface area contributed by atoms with E-state index in [4.69, 9.17) is 9.84 Å². The lowest BCUT2D eigenvalue weighted by Gasteiger charge is -2.26. The summed E-state index contributed by atoms with van der Waals surface area (Å²) < 4.78 is 5.01. The second-order valence-electron chi connectivity index (χ2n) is 4.76. The Hall–Kier alpha value is -2.21. The Bertz CT molecular complexity index is 526. The zero-order valence-electron chi connectivity index (χ0n) is 12.4. The number of carboxylic acid groups (broad SMARTS) is 1. The van der Waals surface area contributed by atoms with E-state index in [9.17, 15) is 9.59 Å². The summed E-state index contributed by atoms with van der Waals surface area (Å²) in [6, 6.07) is 1.66. The highest BCUT2D eigenvalue weighted by Gasteiger charge is 2.18. The van der Waals surface area contributed by atoms with Crippen molar-refractivity contribution in [2.24, 2.45) is 0 Å². The highest BCUT2D eigenvalue weighted by atomic mass is 16.5. The zero-order valence-corrected chi connectivity index (χ0v) is 12.4. The normalized spacial score (nSPS) is 11.0. The van der Waals surface area contributed by atoms with Gasteiger partial charge in [-0.2, -0.15) is 0 Å². The third-order valence-electron chi connectivity index (χ3n) is 2.85. The Morgan fingerprint density at radius 2 is 2.14 bits per heavy atom. The fourth-order valence-corrected chi connectivity index (χ4v) is 1.78. The number of rotatable bonds is 7. The molecule has 0 saturated carbocycles. The van der Waals surface area contributed by atoms with Gasteiger partial charge in [-0.15, -0.1) is 0 Å². The minimum Gasteiger partial charge on any atom is -0.478 e. The highest BCUT2D eigenvalue weighted by molar-refractivity contribution is 5.95. The minimum atomic E-state index is -1.05. The third-order valence-corrected chi connectivity index (χ3v) is 2.85. The van der Waals surface area contributed by atoms with Crippen LogP contribution in [0.4, 0.5) is 0 Å². The van der Waals surface area contributed by atoms with Gasteiger partial charge in [-0.1, -0.05) is 0 Å². The molecule has 1 rings (SSSR count). The summed E-state index contributed by atoms with van der Waals surface area (Å²) in [7, 11) is 1.59. The van der Waals surface area contributed by atoms with E-state index in [1.54, 1.807) is 18.1 Å². The van der Waals surface area contributed by atoms with Crippen molar-refractivity contribution < 1.29 is 19.4 Å². The standard InChI is InChI=1S/C15H20N2O4/c1-11(2)17(6-7-21-3)15(20)13-8-12(9-16-10-13)4-5-14(18)19/h4-5,8-11H,6-7H2,1-3H3,(H,18,19)/b5-4+. The first-order valence-electron chi connectivity index (χ1n) is 6.61. The van der Waals surface area contributed by atoms with E-state index in [1.165, 1.54) is 18.5 Å². The number of aliphatic carboxylic acids is 1. The van der Waals surface area contributed by atoms with E-state index in [0.29, 0.717) is 24.3 Å². The van der Waals surface area contributed by atoms with Crippen molar-refractivity contribution in [1.29, 1.82) is 0 Å². The van der Waals surface area contributed by atoms with Crippen molar-refractivity contribution in [3.8, 4) is 0 Å². The van der Waals surface area contributed by atoms with Crippen LogP contribution in [0.25, 0.3) is 6.08 Å². The van der Waals surface area contributed by atoms with Crippen molar-refractivity contribution >= 4 is 18.0 Å². The number of pyridine rings is 1. The van der Waals surface area contributed by atoms with E-state index in [-0.39, 0.29) is 11.9 Å². The van der Waals surface area contributed by atoms with Crippen LogP contribution in [-0.2, 0) is 9.53 Å². The van der Waals surface area contributed by atoms with Crippen molar-refractivity contribution in [1.82, 2.24) is 9.88 Å². The van der Waals surface area contributed by atoms with Crippen LogP contribution in [0.15, 0.2) is 24.5 Å². The monoisotopic (exact) mass is 292 g/mol. The van der Waals surface area contributed by atoms with Crippen molar-refractivity contribution in [3.63, 3.8) is 0 Å². The predicted molar refractivity (Wildman–Crippen MR) is 79.0 cm³/mol. The van der Waals surface area contributed by atoms with Gasteiger partial charge in [-0.25, -0.2) is 4.79 Å². The number of hydrogen-bond acceptors (Lipinski definition) is 4. The van der Waals surface area contributed by atoms with E-state index < -0.39 is 5.97 Å². The molecule has 21 heavy (non-hydrogen) atoms. The Labute approximate surface area is 124 Å². The molecular weight excluding hydrogens is 272 g/mol. The van der Waals surface area contributed by atoms with Gasteiger partial charge in [0.1, 0.15) is 0 Å². The number of carboxylic acids is 1.